The molecule has 0 fully saturated rings. The van der Waals surface area contributed by atoms with Gasteiger partial charge in [-0.05, 0) is 70.6 Å². The molecule has 0 radical (unpaired) electrons. The second-order valence-corrected chi connectivity index (χ2v) is 8.69. The Morgan fingerprint density at radius 1 is 1.09 bits per heavy atom. The number of benzene rings is 1. The van der Waals surface area contributed by atoms with E-state index >= 15 is 0 Å². The van der Waals surface area contributed by atoms with Crippen molar-refractivity contribution in [3.63, 3.8) is 0 Å². The van der Waals surface area contributed by atoms with Crippen LogP contribution in [0, 0.1) is 13.8 Å². The minimum atomic E-state index is 0.000399. The molecule has 33 heavy (non-hydrogen) atoms. The van der Waals surface area contributed by atoms with Crippen LogP contribution in [0.2, 0.25) is 0 Å². The van der Waals surface area contributed by atoms with Gasteiger partial charge in [-0.25, -0.2) is 4.98 Å². The minimum Gasteiger partial charge on any atom is -0.326 e. The molecular formula is C25H29N7O. The van der Waals surface area contributed by atoms with Gasteiger partial charge >= 0.3 is 0 Å². The summed E-state index contributed by atoms with van der Waals surface area (Å²) >= 11 is 0. The van der Waals surface area contributed by atoms with E-state index < -0.39 is 0 Å². The van der Waals surface area contributed by atoms with Gasteiger partial charge in [-0.1, -0.05) is 12.1 Å². The molecule has 1 aliphatic rings. The Kier molecular flexibility index (Phi) is 5.66. The predicted octanol–water partition coefficient (Wildman–Crippen LogP) is 4.07. The highest BCUT2D eigenvalue weighted by Gasteiger charge is 2.17. The minimum absolute atomic E-state index is 0.000399. The number of fused-ring (bicyclic) bond motifs is 3. The standard InChI is InChI=1S/C25H29N7O/c1-4-32-17(3)20(16(2)30-32)13-14-24(33)26-19-11-9-18(10-12-19)22-15-31-23-8-6-5-7-21(23)28-29-25(31)27-22/h9-12,15H,4-8,13-14H2,1-3H3,(H,26,33). The summed E-state index contributed by atoms with van der Waals surface area (Å²) in [6.07, 6.45) is 7.51. The lowest BCUT2D eigenvalue weighted by atomic mass is 10.0. The Morgan fingerprint density at radius 3 is 2.64 bits per heavy atom. The van der Waals surface area contributed by atoms with Gasteiger partial charge in [-0.15, -0.1) is 5.10 Å². The summed E-state index contributed by atoms with van der Waals surface area (Å²) < 4.78 is 4.07. The fourth-order valence-electron chi connectivity index (χ4n) is 4.71. The smallest absolute Gasteiger partial charge is 0.254 e. The molecular weight excluding hydrogens is 414 g/mol. The fraction of sp³-hybridized carbons (Fsp3) is 0.400. The second kappa shape index (κ2) is 8.77. The van der Waals surface area contributed by atoms with E-state index in [9.17, 15) is 4.79 Å². The summed E-state index contributed by atoms with van der Waals surface area (Å²) in [6, 6.07) is 7.81. The van der Waals surface area contributed by atoms with E-state index in [-0.39, 0.29) is 5.91 Å². The second-order valence-electron chi connectivity index (χ2n) is 8.69. The molecule has 0 saturated heterocycles. The zero-order valence-corrected chi connectivity index (χ0v) is 19.4. The van der Waals surface area contributed by atoms with Crippen molar-refractivity contribution in [3.8, 4) is 11.3 Å². The van der Waals surface area contributed by atoms with Crippen LogP contribution in [0.25, 0.3) is 17.0 Å². The third kappa shape index (κ3) is 4.13. The van der Waals surface area contributed by atoms with Gasteiger partial charge in [0.05, 0.1) is 17.1 Å². The third-order valence-corrected chi connectivity index (χ3v) is 6.55. The molecule has 170 valence electrons. The zero-order valence-electron chi connectivity index (χ0n) is 19.4. The quantitative estimate of drug-likeness (QED) is 0.485. The monoisotopic (exact) mass is 443 g/mol. The largest absolute Gasteiger partial charge is 0.326 e. The van der Waals surface area contributed by atoms with Gasteiger partial charge in [0, 0.05) is 41.8 Å². The number of anilines is 1. The molecule has 5 rings (SSSR count). The fourth-order valence-corrected chi connectivity index (χ4v) is 4.71. The number of aryl methyl sites for hydroxylation is 4. The summed E-state index contributed by atoms with van der Waals surface area (Å²) in [5.74, 6) is 0.639. The van der Waals surface area contributed by atoms with Gasteiger partial charge < -0.3 is 5.32 Å². The van der Waals surface area contributed by atoms with E-state index in [1.807, 2.05) is 42.1 Å². The van der Waals surface area contributed by atoms with E-state index in [1.54, 1.807) is 0 Å². The van der Waals surface area contributed by atoms with Gasteiger partial charge in [0.2, 0.25) is 5.91 Å². The van der Waals surface area contributed by atoms with E-state index in [4.69, 9.17) is 0 Å². The average molecular weight is 444 g/mol. The molecule has 0 atom stereocenters. The first-order valence-corrected chi connectivity index (χ1v) is 11.7. The molecule has 8 heteroatoms. The maximum atomic E-state index is 12.5. The van der Waals surface area contributed by atoms with Crippen LogP contribution in [0.4, 0.5) is 5.69 Å². The third-order valence-electron chi connectivity index (χ3n) is 6.55. The van der Waals surface area contributed by atoms with Gasteiger partial charge in [-0.3, -0.25) is 13.9 Å². The molecule has 0 spiro atoms. The number of aromatic nitrogens is 6. The van der Waals surface area contributed by atoms with Gasteiger partial charge in [0.15, 0.2) is 0 Å². The summed E-state index contributed by atoms with van der Waals surface area (Å²) in [6.45, 7) is 6.99. The Morgan fingerprint density at radius 2 is 1.88 bits per heavy atom. The van der Waals surface area contributed by atoms with Crippen LogP contribution in [0.5, 0.6) is 0 Å². The number of rotatable bonds is 6. The van der Waals surface area contributed by atoms with Crippen LogP contribution in [0.3, 0.4) is 0 Å². The van der Waals surface area contributed by atoms with Crippen LogP contribution in [-0.4, -0.2) is 35.3 Å². The van der Waals surface area contributed by atoms with Crippen molar-refractivity contribution in [3.05, 3.63) is 58.8 Å². The Balaban J connectivity index is 1.26. The maximum Gasteiger partial charge on any atom is 0.254 e. The summed E-state index contributed by atoms with van der Waals surface area (Å²) in [5, 5.41) is 16.2. The highest BCUT2D eigenvalue weighted by molar-refractivity contribution is 5.91. The average Bonchev–Trinajstić information content (AvgIpc) is 3.39. The number of amides is 1. The van der Waals surface area contributed by atoms with Crippen LogP contribution < -0.4 is 5.32 Å². The van der Waals surface area contributed by atoms with Crippen LogP contribution in [-0.2, 0) is 30.6 Å². The SMILES string of the molecule is CCn1nc(C)c(CCC(=O)Nc2ccc(-c3cn4c5c(nnc4n3)CCCC5)cc2)c1C. The van der Waals surface area contributed by atoms with Crippen molar-refractivity contribution in [2.45, 2.75) is 65.8 Å². The molecule has 0 unspecified atom stereocenters. The number of nitrogens with zero attached hydrogens (tertiary/aromatic N) is 6. The van der Waals surface area contributed by atoms with Crippen molar-refractivity contribution in [1.82, 2.24) is 29.4 Å². The molecule has 1 aliphatic carbocycles. The van der Waals surface area contributed by atoms with E-state index in [1.165, 1.54) is 24.1 Å². The van der Waals surface area contributed by atoms with Crippen LogP contribution in [0.1, 0.15) is 54.5 Å². The lowest BCUT2D eigenvalue weighted by molar-refractivity contribution is -0.116. The van der Waals surface area contributed by atoms with E-state index in [0.717, 1.165) is 53.4 Å². The van der Waals surface area contributed by atoms with Gasteiger partial charge in [0.1, 0.15) is 0 Å². The molecule has 0 aliphatic heterocycles. The Hall–Kier alpha value is -3.55. The Bertz CT molecular complexity index is 1320. The molecule has 3 aromatic heterocycles. The van der Waals surface area contributed by atoms with Crippen molar-refractivity contribution in [1.29, 1.82) is 0 Å². The van der Waals surface area contributed by atoms with Crippen LogP contribution in [0.15, 0.2) is 30.5 Å². The summed E-state index contributed by atoms with van der Waals surface area (Å²) in [7, 11) is 0. The number of hydrogen-bond donors (Lipinski definition) is 1. The number of nitrogens with one attached hydrogen (secondary N) is 1. The molecule has 3 heterocycles. The highest BCUT2D eigenvalue weighted by Crippen LogP contribution is 2.25. The Labute approximate surface area is 193 Å². The highest BCUT2D eigenvalue weighted by atomic mass is 16.1. The van der Waals surface area contributed by atoms with Gasteiger partial charge in [-0.2, -0.15) is 10.2 Å². The van der Waals surface area contributed by atoms with Crippen molar-refractivity contribution < 1.29 is 4.79 Å². The van der Waals surface area contributed by atoms with Gasteiger partial charge in [0.25, 0.3) is 5.78 Å². The van der Waals surface area contributed by atoms with E-state index in [0.29, 0.717) is 18.6 Å². The zero-order chi connectivity index (χ0) is 22.9. The van der Waals surface area contributed by atoms with E-state index in [2.05, 4.69) is 43.8 Å². The predicted molar refractivity (Wildman–Crippen MR) is 127 cm³/mol. The van der Waals surface area contributed by atoms with Crippen molar-refractivity contribution in [2.75, 3.05) is 5.32 Å². The summed E-state index contributed by atoms with van der Waals surface area (Å²) in [5.41, 5.74) is 8.26. The molecule has 8 nitrogen and oxygen atoms in total. The number of carbonyl (C=O) groups excluding carboxylic acids is 1. The molecule has 1 amide bonds. The molecule has 4 aromatic rings. The maximum absolute atomic E-state index is 12.5. The summed E-state index contributed by atoms with van der Waals surface area (Å²) in [4.78, 5) is 17.2. The number of imidazole rings is 1. The lowest BCUT2D eigenvalue weighted by Gasteiger charge is -2.14. The van der Waals surface area contributed by atoms with Crippen LogP contribution >= 0.6 is 0 Å². The lowest BCUT2D eigenvalue weighted by Crippen LogP contribution is -2.12. The first-order chi connectivity index (χ1) is 16.0. The first-order valence-electron chi connectivity index (χ1n) is 11.7. The molecule has 1 aromatic carbocycles. The molecule has 0 bridgehead atoms. The number of carbonyl (C=O) groups is 1. The molecule has 0 saturated carbocycles. The van der Waals surface area contributed by atoms with Crippen molar-refractivity contribution >= 4 is 17.4 Å². The van der Waals surface area contributed by atoms with Crippen molar-refractivity contribution in [2.24, 2.45) is 0 Å². The molecule has 1 N–H and O–H groups in total. The first kappa shape index (κ1) is 21.3. The normalized spacial score (nSPS) is 13.3. The number of hydrogen-bond acceptors (Lipinski definition) is 5. The topological polar surface area (TPSA) is 90.0 Å².